The Bertz CT molecular complexity index is 598. The summed E-state index contributed by atoms with van der Waals surface area (Å²) in [5.41, 5.74) is 2.32. The second kappa shape index (κ2) is 10.6. The first kappa shape index (κ1) is 20.0. The van der Waals surface area contributed by atoms with Gasteiger partial charge in [-0.25, -0.2) is 4.79 Å². The van der Waals surface area contributed by atoms with Gasteiger partial charge in [0.15, 0.2) is 0 Å². The molecule has 2 amide bonds. The van der Waals surface area contributed by atoms with E-state index in [2.05, 4.69) is 22.0 Å². The molecule has 0 saturated carbocycles. The molecule has 2 heterocycles. The number of hydrogen-bond acceptors (Lipinski definition) is 5. The Morgan fingerprint density at radius 2 is 2.12 bits per heavy atom. The Morgan fingerprint density at radius 1 is 1.31 bits per heavy atom. The molecule has 0 radical (unpaired) electrons. The summed E-state index contributed by atoms with van der Waals surface area (Å²) in [4.78, 5) is 20.8. The molecule has 2 aliphatic rings. The van der Waals surface area contributed by atoms with Crippen LogP contribution in [0.3, 0.4) is 0 Å². The second-order valence-corrected chi connectivity index (χ2v) is 6.17. The molecule has 8 heteroatoms. The molecule has 1 aromatic carbocycles. The Labute approximate surface area is 153 Å². The van der Waals surface area contributed by atoms with Crippen molar-refractivity contribution >= 4 is 12.0 Å². The maximum absolute atomic E-state index is 11.8. The SMILES string of the molecule is CC(=O)O.O=C(NCc1ccc2c(c1)CCCO2)NCC1CNCCO1. The van der Waals surface area contributed by atoms with E-state index in [1.165, 1.54) is 5.56 Å². The number of aryl methyl sites for hydroxylation is 1. The third kappa shape index (κ3) is 7.28. The van der Waals surface area contributed by atoms with Gasteiger partial charge in [-0.05, 0) is 30.0 Å². The van der Waals surface area contributed by atoms with Gasteiger partial charge in [-0.2, -0.15) is 0 Å². The van der Waals surface area contributed by atoms with Gasteiger partial charge in [0.2, 0.25) is 0 Å². The largest absolute Gasteiger partial charge is 0.493 e. The number of nitrogens with one attached hydrogen (secondary N) is 3. The summed E-state index contributed by atoms with van der Waals surface area (Å²) < 4.78 is 11.1. The fourth-order valence-electron chi connectivity index (χ4n) is 2.73. The fourth-order valence-corrected chi connectivity index (χ4v) is 2.73. The third-order valence-corrected chi connectivity index (χ3v) is 3.92. The smallest absolute Gasteiger partial charge is 0.315 e. The molecule has 1 aromatic rings. The molecular formula is C18H27N3O5. The number of morpholine rings is 1. The van der Waals surface area contributed by atoms with Crippen molar-refractivity contribution in [2.75, 3.05) is 32.8 Å². The van der Waals surface area contributed by atoms with E-state index in [0.29, 0.717) is 19.7 Å². The quantitative estimate of drug-likeness (QED) is 0.631. The zero-order chi connectivity index (χ0) is 18.8. The van der Waals surface area contributed by atoms with Gasteiger partial charge in [-0.15, -0.1) is 0 Å². The number of carboxylic acids is 1. The number of urea groups is 1. The van der Waals surface area contributed by atoms with Gasteiger partial charge in [0.05, 0.1) is 19.3 Å². The molecule has 1 fully saturated rings. The minimum Gasteiger partial charge on any atom is -0.493 e. The van der Waals surface area contributed by atoms with E-state index < -0.39 is 5.97 Å². The maximum Gasteiger partial charge on any atom is 0.315 e. The minimum absolute atomic E-state index is 0.0559. The molecule has 3 rings (SSSR count). The van der Waals surface area contributed by atoms with E-state index in [4.69, 9.17) is 19.4 Å². The van der Waals surface area contributed by atoms with Crippen LogP contribution in [0.5, 0.6) is 5.75 Å². The summed E-state index contributed by atoms with van der Waals surface area (Å²) in [5, 5.41) is 16.4. The van der Waals surface area contributed by atoms with E-state index in [-0.39, 0.29) is 12.1 Å². The molecule has 0 spiro atoms. The number of ether oxygens (including phenoxy) is 2. The fraction of sp³-hybridized carbons (Fsp3) is 0.556. The van der Waals surface area contributed by atoms with Crippen LogP contribution in [0.1, 0.15) is 24.5 Å². The lowest BCUT2D eigenvalue weighted by molar-refractivity contribution is -0.134. The highest BCUT2D eigenvalue weighted by molar-refractivity contribution is 5.73. The maximum atomic E-state index is 11.8. The predicted octanol–water partition coefficient (Wildman–Crippen LogP) is 0.890. The summed E-state index contributed by atoms with van der Waals surface area (Å²) in [5.74, 6) is 0.140. The van der Waals surface area contributed by atoms with Crippen LogP contribution in [-0.2, 0) is 22.5 Å². The predicted molar refractivity (Wildman–Crippen MR) is 96.4 cm³/mol. The lowest BCUT2D eigenvalue weighted by atomic mass is 10.0. The van der Waals surface area contributed by atoms with E-state index in [1.807, 2.05) is 12.1 Å². The van der Waals surface area contributed by atoms with Crippen LogP contribution in [0, 0.1) is 0 Å². The van der Waals surface area contributed by atoms with Crippen molar-refractivity contribution in [3.63, 3.8) is 0 Å². The highest BCUT2D eigenvalue weighted by atomic mass is 16.5. The van der Waals surface area contributed by atoms with Gasteiger partial charge in [0.25, 0.3) is 5.97 Å². The molecule has 0 aromatic heterocycles. The molecule has 1 saturated heterocycles. The van der Waals surface area contributed by atoms with E-state index >= 15 is 0 Å². The first-order chi connectivity index (χ1) is 12.5. The van der Waals surface area contributed by atoms with Gasteiger partial charge in [0.1, 0.15) is 5.75 Å². The number of fused-ring (bicyclic) bond motifs is 1. The summed E-state index contributed by atoms with van der Waals surface area (Å²) in [6.45, 7) is 5.28. The number of carbonyl (C=O) groups is 2. The van der Waals surface area contributed by atoms with Gasteiger partial charge in [0, 0.05) is 33.1 Å². The highest BCUT2D eigenvalue weighted by Gasteiger charge is 2.14. The molecule has 0 bridgehead atoms. The van der Waals surface area contributed by atoms with Gasteiger partial charge < -0.3 is 30.5 Å². The van der Waals surface area contributed by atoms with Crippen molar-refractivity contribution in [2.24, 2.45) is 0 Å². The van der Waals surface area contributed by atoms with Crippen LogP contribution in [0.4, 0.5) is 4.79 Å². The van der Waals surface area contributed by atoms with E-state index in [0.717, 1.165) is 50.8 Å². The van der Waals surface area contributed by atoms with Crippen molar-refractivity contribution in [1.82, 2.24) is 16.0 Å². The van der Waals surface area contributed by atoms with Crippen LogP contribution in [0.15, 0.2) is 18.2 Å². The Balaban J connectivity index is 0.000000552. The molecule has 2 aliphatic heterocycles. The molecule has 8 nitrogen and oxygen atoms in total. The lowest BCUT2D eigenvalue weighted by Crippen LogP contribution is -2.47. The summed E-state index contributed by atoms with van der Waals surface area (Å²) in [6.07, 6.45) is 2.15. The van der Waals surface area contributed by atoms with E-state index in [1.54, 1.807) is 0 Å². The van der Waals surface area contributed by atoms with E-state index in [9.17, 15) is 4.79 Å². The number of carbonyl (C=O) groups excluding carboxylic acids is 1. The van der Waals surface area contributed by atoms with Gasteiger partial charge in [-0.3, -0.25) is 4.79 Å². The number of hydrogen-bond donors (Lipinski definition) is 4. The number of benzene rings is 1. The van der Waals surface area contributed by atoms with Crippen LogP contribution in [-0.4, -0.2) is 56.1 Å². The number of amides is 2. The first-order valence-electron chi connectivity index (χ1n) is 8.82. The zero-order valence-electron chi connectivity index (χ0n) is 15.0. The van der Waals surface area contributed by atoms with Crippen molar-refractivity contribution < 1.29 is 24.2 Å². The van der Waals surface area contributed by atoms with Crippen LogP contribution >= 0.6 is 0 Å². The molecule has 4 N–H and O–H groups in total. The van der Waals surface area contributed by atoms with Gasteiger partial charge >= 0.3 is 6.03 Å². The Morgan fingerprint density at radius 3 is 2.85 bits per heavy atom. The minimum atomic E-state index is -0.833. The van der Waals surface area contributed by atoms with Gasteiger partial charge in [-0.1, -0.05) is 12.1 Å². The van der Waals surface area contributed by atoms with Crippen molar-refractivity contribution in [2.45, 2.75) is 32.4 Å². The molecule has 144 valence electrons. The summed E-state index contributed by atoms with van der Waals surface area (Å²) in [6, 6.07) is 5.94. The molecule has 1 unspecified atom stereocenters. The molecular weight excluding hydrogens is 338 g/mol. The first-order valence-corrected chi connectivity index (χ1v) is 8.82. The van der Waals surface area contributed by atoms with Crippen LogP contribution in [0.2, 0.25) is 0 Å². The lowest BCUT2D eigenvalue weighted by Gasteiger charge is -2.23. The topological polar surface area (TPSA) is 109 Å². The molecule has 0 aliphatic carbocycles. The van der Waals surface area contributed by atoms with Crippen molar-refractivity contribution in [1.29, 1.82) is 0 Å². The number of rotatable bonds is 4. The van der Waals surface area contributed by atoms with Crippen LogP contribution < -0.4 is 20.7 Å². The summed E-state index contributed by atoms with van der Waals surface area (Å²) >= 11 is 0. The Kier molecular flexibility index (Phi) is 8.17. The summed E-state index contributed by atoms with van der Waals surface area (Å²) in [7, 11) is 0. The average Bonchev–Trinajstić information content (AvgIpc) is 2.65. The number of aliphatic carboxylic acids is 1. The standard InChI is InChI=1S/C16H23N3O3.C2H4O2/c20-16(19-11-14-10-17-5-7-21-14)18-9-12-3-4-15-13(8-12)2-1-6-22-15;1-2(3)4/h3-4,8,14,17H,1-2,5-7,9-11H2,(H2,18,19,20);1H3,(H,3,4). The van der Waals surface area contributed by atoms with Crippen LogP contribution in [0.25, 0.3) is 0 Å². The van der Waals surface area contributed by atoms with Crippen molar-refractivity contribution in [3.05, 3.63) is 29.3 Å². The van der Waals surface area contributed by atoms with Crippen molar-refractivity contribution in [3.8, 4) is 5.75 Å². The normalized spacial score (nSPS) is 18.4. The Hall–Kier alpha value is -2.32. The number of carboxylic acid groups (broad SMARTS) is 1. The highest BCUT2D eigenvalue weighted by Crippen LogP contribution is 2.25. The average molecular weight is 365 g/mol. The zero-order valence-corrected chi connectivity index (χ0v) is 15.0. The second-order valence-electron chi connectivity index (χ2n) is 6.17. The third-order valence-electron chi connectivity index (χ3n) is 3.92. The molecule has 26 heavy (non-hydrogen) atoms. The molecule has 1 atom stereocenters. The monoisotopic (exact) mass is 365 g/mol.